The molecule has 0 spiro atoms. The van der Waals surface area contributed by atoms with Gasteiger partial charge in [0.2, 0.25) is 0 Å². The summed E-state index contributed by atoms with van der Waals surface area (Å²) in [7, 11) is 0. The van der Waals surface area contributed by atoms with Gasteiger partial charge in [0.25, 0.3) is 0 Å². The molecule has 0 atom stereocenters. The molecule has 6 nitrogen and oxygen atoms in total. The van der Waals surface area contributed by atoms with E-state index in [1.54, 1.807) is 12.4 Å². The Morgan fingerprint density at radius 1 is 0.875 bits per heavy atom. The molecule has 1 heterocycles. The van der Waals surface area contributed by atoms with Crippen LogP contribution in [0, 0.1) is 0 Å². The van der Waals surface area contributed by atoms with Gasteiger partial charge in [-0.25, -0.2) is 9.59 Å². The van der Waals surface area contributed by atoms with E-state index in [9.17, 15) is 0 Å². The predicted molar refractivity (Wildman–Crippen MR) is 54.8 cm³/mol. The highest BCUT2D eigenvalue weighted by Gasteiger charge is 2.04. The molecule has 2 aromatic rings. The molecular formula is C10H8N2O4. The molecule has 2 rings (SSSR count). The number of benzene rings is 1. The lowest BCUT2D eigenvalue weighted by molar-refractivity contribution is -0.159. The van der Waals surface area contributed by atoms with Gasteiger partial charge >= 0.3 is 11.9 Å². The van der Waals surface area contributed by atoms with Crippen LogP contribution in [0.1, 0.15) is 0 Å². The Hall–Kier alpha value is -2.50. The minimum atomic E-state index is -1.82. The lowest BCUT2D eigenvalue weighted by atomic mass is 10.3. The second-order valence-corrected chi connectivity index (χ2v) is 2.66. The number of nitrogens with zero attached hydrogens (tertiary/aromatic N) is 2. The zero-order valence-corrected chi connectivity index (χ0v) is 8.07. The summed E-state index contributed by atoms with van der Waals surface area (Å²) in [5, 5.41) is 14.8. The summed E-state index contributed by atoms with van der Waals surface area (Å²) in [4.78, 5) is 26.4. The van der Waals surface area contributed by atoms with Crippen LogP contribution in [-0.4, -0.2) is 32.1 Å². The maximum atomic E-state index is 9.10. The number of carboxylic acids is 2. The van der Waals surface area contributed by atoms with E-state index < -0.39 is 11.9 Å². The summed E-state index contributed by atoms with van der Waals surface area (Å²) >= 11 is 0. The van der Waals surface area contributed by atoms with Gasteiger partial charge in [-0.2, -0.15) is 0 Å². The number of hydrogen-bond donors (Lipinski definition) is 2. The molecule has 0 fully saturated rings. The van der Waals surface area contributed by atoms with Gasteiger partial charge in [0.15, 0.2) is 0 Å². The Labute approximate surface area is 90.2 Å². The fourth-order valence-corrected chi connectivity index (χ4v) is 0.910. The Morgan fingerprint density at radius 3 is 1.56 bits per heavy atom. The van der Waals surface area contributed by atoms with Crippen molar-refractivity contribution in [1.29, 1.82) is 0 Å². The minimum Gasteiger partial charge on any atom is -0.473 e. The molecule has 16 heavy (non-hydrogen) atoms. The molecule has 6 heteroatoms. The lowest BCUT2D eigenvalue weighted by Gasteiger charge is -1.90. The van der Waals surface area contributed by atoms with E-state index in [-0.39, 0.29) is 0 Å². The number of aliphatic carboxylic acids is 2. The van der Waals surface area contributed by atoms with E-state index in [0.29, 0.717) is 0 Å². The van der Waals surface area contributed by atoms with Gasteiger partial charge < -0.3 is 10.2 Å². The van der Waals surface area contributed by atoms with Crippen molar-refractivity contribution in [2.75, 3.05) is 0 Å². The number of aromatic nitrogens is 2. The van der Waals surface area contributed by atoms with Crippen molar-refractivity contribution >= 4 is 23.0 Å². The van der Waals surface area contributed by atoms with E-state index in [0.717, 1.165) is 11.0 Å². The maximum absolute atomic E-state index is 9.10. The van der Waals surface area contributed by atoms with Crippen molar-refractivity contribution in [3.8, 4) is 0 Å². The fourth-order valence-electron chi connectivity index (χ4n) is 0.910. The van der Waals surface area contributed by atoms with Crippen LogP contribution >= 0.6 is 0 Å². The van der Waals surface area contributed by atoms with Crippen molar-refractivity contribution in [3.63, 3.8) is 0 Å². The monoisotopic (exact) mass is 220 g/mol. The average molecular weight is 220 g/mol. The summed E-state index contributed by atoms with van der Waals surface area (Å²) in [5.41, 5.74) is 1.90. The third-order valence-electron chi connectivity index (χ3n) is 1.56. The molecule has 0 aliphatic carbocycles. The zero-order chi connectivity index (χ0) is 12.0. The number of hydrogen-bond acceptors (Lipinski definition) is 4. The Morgan fingerprint density at radius 2 is 1.25 bits per heavy atom. The first kappa shape index (κ1) is 11.6. The second kappa shape index (κ2) is 5.40. The molecular weight excluding hydrogens is 212 g/mol. The summed E-state index contributed by atoms with van der Waals surface area (Å²) in [6.45, 7) is 0. The number of para-hydroxylation sites is 2. The molecule has 0 bridgehead atoms. The molecule has 0 aliphatic rings. The first-order valence-electron chi connectivity index (χ1n) is 4.23. The lowest BCUT2D eigenvalue weighted by Crippen LogP contribution is -2.09. The second-order valence-electron chi connectivity index (χ2n) is 2.66. The highest BCUT2D eigenvalue weighted by atomic mass is 16.4. The van der Waals surface area contributed by atoms with Gasteiger partial charge in [0.1, 0.15) is 0 Å². The molecule has 1 aromatic carbocycles. The summed E-state index contributed by atoms with van der Waals surface area (Å²) in [5.74, 6) is -3.65. The molecule has 0 saturated heterocycles. The van der Waals surface area contributed by atoms with Crippen molar-refractivity contribution in [2.45, 2.75) is 0 Å². The van der Waals surface area contributed by atoms with E-state index in [4.69, 9.17) is 19.8 Å². The average Bonchev–Trinajstić information content (AvgIpc) is 2.30. The number of carboxylic acid groups (broad SMARTS) is 2. The SMILES string of the molecule is O=C(O)C(=O)O.c1ccc2nccnc2c1. The first-order chi connectivity index (χ1) is 7.61. The van der Waals surface area contributed by atoms with Gasteiger partial charge in [-0.15, -0.1) is 0 Å². The molecule has 0 amide bonds. The largest absolute Gasteiger partial charge is 0.473 e. The molecule has 2 N–H and O–H groups in total. The minimum absolute atomic E-state index is 0.949. The van der Waals surface area contributed by atoms with E-state index >= 15 is 0 Å². The highest BCUT2D eigenvalue weighted by molar-refractivity contribution is 6.27. The Kier molecular flexibility index (Phi) is 3.90. The molecule has 0 saturated carbocycles. The molecule has 0 unspecified atom stereocenters. The maximum Gasteiger partial charge on any atom is 0.414 e. The third kappa shape index (κ3) is 3.33. The summed E-state index contributed by atoms with van der Waals surface area (Å²) in [6.07, 6.45) is 3.39. The molecule has 0 aliphatic heterocycles. The van der Waals surface area contributed by atoms with Crippen molar-refractivity contribution < 1.29 is 19.8 Å². The van der Waals surface area contributed by atoms with Crippen LogP contribution in [0.15, 0.2) is 36.7 Å². The van der Waals surface area contributed by atoms with Crippen LogP contribution < -0.4 is 0 Å². The smallest absolute Gasteiger partial charge is 0.414 e. The van der Waals surface area contributed by atoms with Crippen LogP contribution in [0.5, 0.6) is 0 Å². The Bertz CT molecular complexity index is 435. The fraction of sp³-hybridized carbons (Fsp3) is 0. The van der Waals surface area contributed by atoms with Gasteiger partial charge in [0.05, 0.1) is 11.0 Å². The number of fused-ring (bicyclic) bond motifs is 1. The van der Waals surface area contributed by atoms with Crippen LogP contribution in [0.3, 0.4) is 0 Å². The van der Waals surface area contributed by atoms with Crippen LogP contribution in [0.4, 0.5) is 0 Å². The number of carbonyl (C=O) groups is 2. The van der Waals surface area contributed by atoms with Crippen LogP contribution in [-0.2, 0) is 9.59 Å². The number of rotatable bonds is 0. The van der Waals surface area contributed by atoms with Crippen molar-refractivity contribution in [3.05, 3.63) is 36.7 Å². The first-order valence-corrected chi connectivity index (χ1v) is 4.23. The third-order valence-corrected chi connectivity index (χ3v) is 1.56. The van der Waals surface area contributed by atoms with Crippen LogP contribution in [0.2, 0.25) is 0 Å². The van der Waals surface area contributed by atoms with Gasteiger partial charge in [-0.05, 0) is 12.1 Å². The van der Waals surface area contributed by atoms with Gasteiger partial charge in [-0.3, -0.25) is 9.97 Å². The van der Waals surface area contributed by atoms with E-state index in [1.807, 2.05) is 24.3 Å². The normalized spacial score (nSPS) is 9.00. The van der Waals surface area contributed by atoms with Crippen LogP contribution in [0.25, 0.3) is 11.0 Å². The predicted octanol–water partition coefficient (Wildman–Crippen LogP) is 0.785. The topological polar surface area (TPSA) is 100 Å². The van der Waals surface area contributed by atoms with E-state index in [1.165, 1.54) is 0 Å². The quantitative estimate of drug-likeness (QED) is 0.636. The zero-order valence-electron chi connectivity index (χ0n) is 8.07. The molecule has 82 valence electrons. The molecule has 1 aromatic heterocycles. The van der Waals surface area contributed by atoms with Gasteiger partial charge in [-0.1, -0.05) is 12.1 Å². The van der Waals surface area contributed by atoms with Crippen molar-refractivity contribution in [1.82, 2.24) is 9.97 Å². The molecule has 0 radical (unpaired) electrons. The Balaban J connectivity index is 0.000000187. The van der Waals surface area contributed by atoms with E-state index in [2.05, 4.69) is 9.97 Å². The highest BCUT2D eigenvalue weighted by Crippen LogP contribution is 2.04. The van der Waals surface area contributed by atoms with Crippen molar-refractivity contribution in [2.24, 2.45) is 0 Å². The standard InChI is InChI=1S/C8H6N2.C2H2O4/c1-2-4-8-7(3-1)9-5-6-10-8;3-1(4)2(5)6/h1-6H;(H,3,4)(H,5,6). The van der Waals surface area contributed by atoms with Gasteiger partial charge in [0, 0.05) is 12.4 Å². The summed E-state index contributed by atoms with van der Waals surface area (Å²) < 4.78 is 0. The summed E-state index contributed by atoms with van der Waals surface area (Å²) in [6, 6.07) is 7.80.